The number of aryl methyl sites for hydroxylation is 1. The standard InChI is InChI=1S/C10H12N4O2S.C10H12N3S.C10H12N2O.C9H9N3S.C8H6BrN3.C8H6IN3.2C8H7N3.C7H7NO.C4H8O.B20/c1-13(2)17(15,16)14-7-5-10(12-14)9-4-3-6-11-8-9;1-13-5-3-4-8(7-13)10-9(14-2)6-11-12-10;1-12(2)7-5-10(13)9-4-3-6-11-8-9;1-13-8-6-11-12-9(8)7-3-2-4-10-5-7;2*9-7-5-11-12-8(7)6-2-1-3-10-4-6;2*1-2-7(6-9-4-1)8-3-5-10-11-8;1-6(9)7-3-2-4-8-5-7;1-2-4-5-3-1;1-12(2)17(11)20(18(13(3)4)14(5)6)19(15(7)8)16(9)10/h3-8H,1-2H3;3-7H,1-2H3,(H,11,12);3-8H,1-2H3;2-6H,1H3,(H,11,12);2*1-5H,(H,11,12);2*1-6H,(H,10,11);2-5H,1H3;1-4H2;/q;+1;;;;;;;;;/b;;7-5+;;;;;;;;. The number of hydrogen-bond acceptors (Lipinski definition) is 23. The summed E-state index contributed by atoms with van der Waals surface area (Å²) in [6.07, 6.45) is 46.4. The van der Waals surface area contributed by atoms with Gasteiger partial charge in [-0.1, -0.05) is 0 Å². The molecule has 22 radical (unpaired) electrons. The third kappa shape index (κ3) is 38.9. The van der Waals surface area contributed by atoms with Crippen molar-refractivity contribution in [2.24, 2.45) is 7.05 Å². The molecule has 0 bridgehead atoms. The van der Waals surface area contributed by atoms with Gasteiger partial charge >= 0.3 is 10.2 Å². The molecule has 16 aromatic heterocycles. The molecule has 0 saturated carbocycles. The molecular weight excluding hydrogens is 1930 g/mol. The van der Waals surface area contributed by atoms with Gasteiger partial charge in [-0.2, -0.15) is 52.5 Å². The van der Waals surface area contributed by atoms with Crippen molar-refractivity contribution < 1.29 is 27.3 Å². The van der Waals surface area contributed by atoms with Crippen LogP contribution in [0.4, 0.5) is 0 Å². The first-order chi connectivity index (χ1) is 65.9. The summed E-state index contributed by atoms with van der Waals surface area (Å²) in [5.74, 6) is 0.0323. The van der Waals surface area contributed by atoms with Crippen LogP contribution in [0.25, 0.3) is 78.8 Å². The number of carbonyl (C=O) groups excluding carboxylic acids is 2. The van der Waals surface area contributed by atoms with Gasteiger partial charge in [-0.3, -0.25) is 80.1 Å². The Hall–Kier alpha value is -11.2. The first kappa shape index (κ1) is 113. The van der Waals surface area contributed by atoms with Gasteiger partial charge in [0.2, 0.25) is 0 Å². The average molecular weight is 2020 g/mol. The van der Waals surface area contributed by atoms with Crippen LogP contribution in [0.1, 0.15) is 40.5 Å². The molecule has 1 fully saturated rings. The normalized spacial score (nSPS) is 10.6. The van der Waals surface area contributed by atoms with Gasteiger partial charge < -0.3 is 9.64 Å². The summed E-state index contributed by atoms with van der Waals surface area (Å²) in [7, 11) is 68.3. The van der Waals surface area contributed by atoms with Crippen molar-refractivity contribution in [2.75, 3.05) is 53.9 Å². The van der Waals surface area contributed by atoms with Crippen LogP contribution < -0.4 is 4.57 Å². The number of Topliss-reactive ketones (excluding diaryl/α,β-unsaturated/α-hetero) is 1. The van der Waals surface area contributed by atoms with Crippen LogP contribution >= 0.6 is 62.0 Å². The van der Waals surface area contributed by atoms with Gasteiger partial charge in [0.1, 0.15) is 7.05 Å². The zero-order valence-corrected chi connectivity index (χ0v) is 82.8. The minimum absolute atomic E-state index is 0.0261. The van der Waals surface area contributed by atoms with Crippen molar-refractivity contribution in [2.45, 2.75) is 29.6 Å². The molecule has 1 saturated heterocycles. The highest BCUT2D eigenvalue weighted by atomic mass is 127. The predicted molar refractivity (Wildman–Crippen MR) is 583 cm³/mol. The molecule has 0 spiro atoms. The van der Waals surface area contributed by atoms with Gasteiger partial charge in [-0.05, 0) is 192 Å². The highest BCUT2D eigenvalue weighted by Gasteiger charge is 2.44. The van der Waals surface area contributed by atoms with E-state index >= 15 is 0 Å². The van der Waals surface area contributed by atoms with Crippen LogP contribution in [-0.4, -0.2) is 336 Å². The van der Waals surface area contributed by atoms with E-state index < -0.39 is 67.7 Å². The number of hydrogen-bond donors (Lipinski definition) is 6. The van der Waals surface area contributed by atoms with E-state index in [1.54, 1.807) is 178 Å². The molecule has 0 aromatic carbocycles. The summed E-state index contributed by atoms with van der Waals surface area (Å²) >= 11 is 8.99. The van der Waals surface area contributed by atoms with E-state index in [9.17, 15) is 18.0 Å². The van der Waals surface area contributed by atoms with E-state index in [1.807, 2.05) is 153 Å². The molecule has 1 aliphatic rings. The van der Waals surface area contributed by atoms with Crippen LogP contribution in [0.3, 0.4) is 0 Å². The number of allylic oxidation sites excluding steroid dienone is 1. The molecule has 30 nitrogen and oxygen atoms in total. The fourth-order valence-electron chi connectivity index (χ4n) is 12.1. The Morgan fingerprint density at radius 2 is 0.854 bits per heavy atom. The van der Waals surface area contributed by atoms with E-state index in [-0.39, 0.29) is 11.6 Å². The molecule has 137 heavy (non-hydrogen) atoms. The molecule has 17 rings (SSSR count). The SMILES string of the molecule is Brc1cn[nH]c1-c1cccnc1.C1CCOC1.CC(=O)c1cccnc1.CN(C)/C=C/C(=O)c1cccnc1.CN(C)S(=O)(=O)n1ccc(-c2cccnc2)n1.CSc1cn[nH]c1-c1ccc[n+](C)c1.CSc1cn[nH]c1-c1cccnc1.Ic1cn[nH]c1-c1cccnc1.[B]B([B])B([B])B(B(B([B])[B])B([B])[B])B(B([B])[B])B([B])[B].c1cncc(-c2ccn[nH]2)c1.c1cncc(-c2ccn[nH]2)c1. The molecule has 0 atom stereocenters. The summed E-state index contributed by atoms with van der Waals surface area (Å²) in [5, 5.41) is 45.1. The number of thioether (sulfide) groups is 2. The van der Waals surface area contributed by atoms with Crippen LogP contribution in [-0.2, 0) is 22.0 Å². The van der Waals surface area contributed by atoms with Crippen molar-refractivity contribution in [3.63, 3.8) is 0 Å². The van der Waals surface area contributed by atoms with Crippen LogP contribution in [0.5, 0.6) is 0 Å². The second kappa shape index (κ2) is 61.9. The zero-order valence-electron chi connectivity index (χ0n) is 76.6. The highest BCUT2D eigenvalue weighted by molar-refractivity contribution is 14.1. The molecule has 660 valence electrons. The smallest absolute Gasteiger partial charge is 0.322 e. The Bertz CT molecular complexity index is 5970. The van der Waals surface area contributed by atoms with Crippen LogP contribution in [0, 0.1) is 3.57 Å². The minimum Gasteiger partial charge on any atom is -0.383 e. The summed E-state index contributed by atoms with van der Waals surface area (Å²) in [6, 6.07) is 39.6. The number of ketones is 2. The molecule has 0 aliphatic carbocycles. The zero-order chi connectivity index (χ0) is 99.4. The first-order valence-corrected chi connectivity index (χ1v) is 47.6. The Kier molecular flexibility index (Phi) is 50.9. The summed E-state index contributed by atoms with van der Waals surface area (Å²) in [6.45, 7) is 3.52. The van der Waals surface area contributed by atoms with Gasteiger partial charge in [-0.25, -0.2) is 4.57 Å². The second-order valence-electron chi connectivity index (χ2n) is 29.5. The van der Waals surface area contributed by atoms with E-state index in [2.05, 4.69) is 163 Å². The molecule has 0 amide bonds. The molecule has 6 N–H and O–H groups in total. The van der Waals surface area contributed by atoms with Gasteiger partial charge in [0.05, 0.1) is 88.0 Å². The molecule has 0 unspecified atom stereocenters. The van der Waals surface area contributed by atoms with Crippen LogP contribution in [0.15, 0.2) is 309 Å². The number of nitrogens with zero attached hydrogens (tertiary/aromatic N) is 19. The Balaban J connectivity index is 0.000000207. The maximum atomic E-state index is 11.8. The number of rotatable bonds is 23. The third-order valence-corrected chi connectivity index (χ3v) is 23.5. The minimum atomic E-state index is -3.55. The number of pyridine rings is 9. The Labute approximate surface area is 849 Å². The average Bonchev–Trinajstić information content (AvgIpc) is 1.76. The molecule has 1 aliphatic heterocycles. The number of halogens is 2. The van der Waals surface area contributed by atoms with Crippen molar-refractivity contribution >= 4 is 226 Å². The molecular formula is C82H86B20BrIN25O5S3+. The van der Waals surface area contributed by atoms with Gasteiger partial charge in [0, 0.05) is 365 Å². The van der Waals surface area contributed by atoms with Gasteiger partial charge in [0.25, 0.3) is 0 Å². The van der Waals surface area contributed by atoms with Crippen molar-refractivity contribution in [1.82, 2.24) is 119 Å². The summed E-state index contributed by atoms with van der Waals surface area (Å²) < 4.78 is 34.7. The largest absolute Gasteiger partial charge is 0.383 e. The maximum absolute atomic E-state index is 11.8. The van der Waals surface area contributed by atoms with Crippen molar-refractivity contribution in [3.8, 4) is 78.8 Å². The topological polar surface area (TPSA) is 381 Å². The lowest BCUT2D eigenvalue weighted by Gasteiger charge is -2.42. The lowest BCUT2D eigenvalue weighted by molar-refractivity contribution is -0.671. The summed E-state index contributed by atoms with van der Waals surface area (Å²) in [5.41, 5.74) is 15.2. The van der Waals surface area contributed by atoms with Crippen molar-refractivity contribution in [1.29, 1.82) is 0 Å². The molecule has 17 heterocycles. The first-order valence-electron chi connectivity index (χ1n) is 41.9. The van der Waals surface area contributed by atoms with Crippen molar-refractivity contribution in [3.05, 3.63) is 314 Å². The second-order valence-corrected chi connectivity index (χ2v) is 35.2. The number of aromatic amines is 6. The quantitative estimate of drug-likeness (QED) is 0.00902. The van der Waals surface area contributed by atoms with Crippen LogP contribution in [0.2, 0.25) is 0 Å². The predicted octanol–water partition coefficient (Wildman–Crippen LogP) is 7.47. The Morgan fingerprint density at radius 1 is 0.460 bits per heavy atom. The fourth-order valence-corrected chi connectivity index (χ4v) is 14.9. The molecule has 16 aromatic rings. The van der Waals surface area contributed by atoms with Gasteiger partial charge in [0.15, 0.2) is 24.0 Å². The number of H-pyrrole nitrogens is 6. The van der Waals surface area contributed by atoms with E-state index in [1.165, 1.54) is 51.0 Å². The highest BCUT2D eigenvalue weighted by Crippen LogP contribution is 2.29. The monoisotopic (exact) mass is 2020 g/mol. The maximum Gasteiger partial charge on any atom is 0.322 e. The number of ether oxygens (including phenoxy) is 1. The number of nitrogens with one attached hydrogen (secondary N) is 6. The van der Waals surface area contributed by atoms with E-state index in [4.69, 9.17) is 89.8 Å². The number of carbonyl (C=O) groups is 2. The fraction of sp³-hybridized carbons (Fsp3) is 0.146. The Morgan fingerprint density at radius 3 is 1.20 bits per heavy atom. The third-order valence-electron chi connectivity index (χ3n) is 19.0. The number of aromatic nitrogens is 23. The summed E-state index contributed by atoms with van der Waals surface area (Å²) in [4.78, 5) is 57.8. The molecule has 55 heteroatoms. The van der Waals surface area contributed by atoms with Gasteiger partial charge in [-0.15, -0.1) is 23.5 Å². The van der Waals surface area contributed by atoms with E-state index in [0.29, 0.717) is 16.8 Å². The van der Waals surface area contributed by atoms with E-state index in [0.717, 1.165) is 108 Å². The lowest BCUT2D eigenvalue weighted by atomic mass is 8.39. The lowest BCUT2D eigenvalue weighted by Crippen LogP contribution is -2.80.